The summed E-state index contributed by atoms with van der Waals surface area (Å²) in [5.74, 6) is -0.911. The number of benzene rings is 3. The van der Waals surface area contributed by atoms with Crippen molar-refractivity contribution in [2.75, 3.05) is 23.7 Å². The van der Waals surface area contributed by atoms with Crippen molar-refractivity contribution in [3.63, 3.8) is 0 Å². The van der Waals surface area contributed by atoms with Crippen LogP contribution >= 0.6 is 0 Å². The number of aliphatic imine (C=N–C) groups is 1. The zero-order valence-electron chi connectivity index (χ0n) is 18.2. The molecule has 34 heavy (non-hydrogen) atoms. The molecular formula is C25H24N4O4S. The lowest BCUT2D eigenvalue weighted by Gasteiger charge is -2.20. The highest BCUT2D eigenvalue weighted by molar-refractivity contribution is 7.93. The topological polar surface area (TPSA) is 126 Å². The summed E-state index contributed by atoms with van der Waals surface area (Å²) in [6, 6.07) is 22.5. The summed E-state index contributed by atoms with van der Waals surface area (Å²) in [5, 5.41) is 17.6. The summed E-state index contributed by atoms with van der Waals surface area (Å²) in [6.45, 7) is 1.45. The van der Waals surface area contributed by atoms with Gasteiger partial charge in [0.15, 0.2) is 10.9 Å². The van der Waals surface area contributed by atoms with Gasteiger partial charge in [0.1, 0.15) is 0 Å². The number of hydrogen-bond donors (Lipinski definition) is 4. The number of guanidine groups is 1. The van der Waals surface area contributed by atoms with Gasteiger partial charge in [-0.2, -0.15) is 0 Å². The average Bonchev–Trinajstić information content (AvgIpc) is 3.36. The minimum atomic E-state index is -1.89. The summed E-state index contributed by atoms with van der Waals surface area (Å²) in [4.78, 5) is 29.5. The molecule has 9 heteroatoms. The predicted molar refractivity (Wildman–Crippen MR) is 133 cm³/mol. The van der Waals surface area contributed by atoms with Crippen molar-refractivity contribution in [3.05, 3.63) is 90.0 Å². The van der Waals surface area contributed by atoms with Crippen molar-refractivity contribution < 1.29 is 19.2 Å². The first kappa shape index (κ1) is 23.3. The van der Waals surface area contributed by atoms with Gasteiger partial charge in [-0.05, 0) is 35.9 Å². The molecule has 8 nitrogen and oxygen atoms in total. The molecular weight excluding hydrogens is 452 g/mol. The smallest absolute Gasteiger partial charge is 0.357 e. The Labute approximate surface area is 200 Å². The highest BCUT2D eigenvalue weighted by atomic mass is 32.2. The molecule has 0 fully saturated rings. The van der Waals surface area contributed by atoms with Crippen LogP contribution in [0.4, 0.5) is 11.4 Å². The number of carboxylic acids is 1. The maximum Gasteiger partial charge on any atom is 0.357 e. The molecule has 0 radical (unpaired) electrons. The molecule has 0 saturated heterocycles. The van der Waals surface area contributed by atoms with Gasteiger partial charge in [0, 0.05) is 35.4 Å². The van der Waals surface area contributed by atoms with Crippen LogP contribution in [0.5, 0.6) is 0 Å². The van der Waals surface area contributed by atoms with Crippen LogP contribution in [-0.4, -0.2) is 45.8 Å². The molecule has 0 spiro atoms. The van der Waals surface area contributed by atoms with Crippen molar-refractivity contribution in [2.24, 2.45) is 4.99 Å². The molecule has 3 aromatic rings. The van der Waals surface area contributed by atoms with Crippen molar-refractivity contribution in [2.45, 2.75) is 16.6 Å². The van der Waals surface area contributed by atoms with Gasteiger partial charge in [-0.1, -0.05) is 48.5 Å². The molecule has 1 amide bonds. The summed E-state index contributed by atoms with van der Waals surface area (Å²) in [6.07, 6.45) is 0.108. The second kappa shape index (κ2) is 10.9. The van der Waals surface area contributed by atoms with Crippen molar-refractivity contribution in [3.8, 4) is 0 Å². The minimum absolute atomic E-state index is 0.108. The van der Waals surface area contributed by atoms with E-state index < -0.39 is 28.3 Å². The number of anilines is 2. The first-order valence-electron chi connectivity index (χ1n) is 10.7. The molecule has 0 aromatic heterocycles. The minimum Gasteiger partial charge on any atom is -0.611 e. The third kappa shape index (κ3) is 5.75. The number of nitrogens with zero attached hydrogens (tertiary/aromatic N) is 1. The summed E-state index contributed by atoms with van der Waals surface area (Å²) in [5.41, 5.74) is 2.18. The van der Waals surface area contributed by atoms with E-state index in [1.165, 1.54) is 0 Å². The molecule has 2 atom stereocenters. The van der Waals surface area contributed by atoms with Crippen LogP contribution in [0.1, 0.15) is 15.9 Å². The van der Waals surface area contributed by atoms with Gasteiger partial charge in [0.25, 0.3) is 5.91 Å². The van der Waals surface area contributed by atoms with Crippen LogP contribution in [0.25, 0.3) is 0 Å². The monoisotopic (exact) mass is 476 g/mol. The van der Waals surface area contributed by atoms with Gasteiger partial charge in [-0.15, -0.1) is 0 Å². The highest BCUT2D eigenvalue weighted by Crippen LogP contribution is 2.27. The van der Waals surface area contributed by atoms with Gasteiger partial charge in [0.2, 0.25) is 5.25 Å². The summed E-state index contributed by atoms with van der Waals surface area (Å²) in [7, 11) is 0. The van der Waals surface area contributed by atoms with Crippen LogP contribution in [-0.2, 0) is 22.4 Å². The van der Waals surface area contributed by atoms with E-state index in [0.717, 1.165) is 12.1 Å². The second-order valence-corrected chi connectivity index (χ2v) is 9.23. The number of nitrogens with one attached hydrogen (secondary N) is 3. The lowest BCUT2D eigenvalue weighted by Crippen LogP contribution is -2.33. The number of aliphatic carboxylic acids is 1. The lowest BCUT2D eigenvalue weighted by atomic mass is 10.1. The van der Waals surface area contributed by atoms with Crippen molar-refractivity contribution >= 4 is 40.4 Å². The number of carboxylic acid groups (broad SMARTS) is 1. The summed E-state index contributed by atoms with van der Waals surface area (Å²) < 4.78 is 13.3. The first-order chi connectivity index (χ1) is 16.5. The molecule has 4 N–H and O–H groups in total. The van der Waals surface area contributed by atoms with E-state index in [-0.39, 0.29) is 11.3 Å². The van der Waals surface area contributed by atoms with E-state index in [0.29, 0.717) is 29.4 Å². The molecule has 1 aliphatic heterocycles. The van der Waals surface area contributed by atoms with E-state index in [2.05, 4.69) is 20.9 Å². The van der Waals surface area contributed by atoms with Gasteiger partial charge in [0.05, 0.1) is 12.2 Å². The Morgan fingerprint density at radius 3 is 2.56 bits per heavy atom. The van der Waals surface area contributed by atoms with E-state index >= 15 is 0 Å². The maximum atomic E-state index is 13.3. The fraction of sp³-hybridized carbons (Fsp3) is 0.160. The molecule has 0 aliphatic carbocycles. The Bertz CT molecular complexity index is 1200. The quantitative estimate of drug-likeness (QED) is 0.370. The molecule has 4 rings (SSSR count). The molecule has 2 unspecified atom stereocenters. The fourth-order valence-electron chi connectivity index (χ4n) is 3.53. The van der Waals surface area contributed by atoms with E-state index in [1.54, 1.807) is 54.6 Å². The van der Waals surface area contributed by atoms with Crippen LogP contribution in [0.15, 0.2) is 88.8 Å². The standard InChI is InChI=1S/C25H24N4O4S/c30-23(18-9-6-10-19(16-18)28-25-26-13-14-27-25)29-20-11-4-5-12-21(20)34(33)22(24(31)32)15-17-7-2-1-3-8-17/h1-12,16,22H,13-15H2,(H,29,30)(H,31,32)(H2,26,27,28). The lowest BCUT2D eigenvalue weighted by molar-refractivity contribution is -0.136. The van der Waals surface area contributed by atoms with Gasteiger partial charge < -0.3 is 25.6 Å². The first-order valence-corrected chi connectivity index (χ1v) is 12.0. The van der Waals surface area contributed by atoms with E-state index in [4.69, 9.17) is 0 Å². The molecule has 1 aliphatic rings. The zero-order valence-corrected chi connectivity index (χ0v) is 19.0. The zero-order chi connectivity index (χ0) is 23.9. The Hall–Kier alpha value is -3.82. The van der Waals surface area contributed by atoms with Gasteiger partial charge >= 0.3 is 5.97 Å². The summed E-state index contributed by atoms with van der Waals surface area (Å²) >= 11 is -1.89. The fourth-order valence-corrected chi connectivity index (χ4v) is 4.91. The molecule has 0 bridgehead atoms. The number of para-hydroxylation sites is 1. The van der Waals surface area contributed by atoms with E-state index in [9.17, 15) is 19.2 Å². The van der Waals surface area contributed by atoms with Crippen molar-refractivity contribution in [1.29, 1.82) is 0 Å². The van der Waals surface area contributed by atoms with Crippen LogP contribution in [0.3, 0.4) is 0 Å². The molecule has 1 heterocycles. The number of carbonyl (C=O) groups is 2. The largest absolute Gasteiger partial charge is 0.611 e. The third-order valence-corrected chi connectivity index (χ3v) is 6.89. The molecule has 0 saturated carbocycles. The molecule has 174 valence electrons. The SMILES string of the molecule is O=C(Nc1ccccc1[S+]([O-])C(Cc1ccccc1)C(=O)O)c1cccc(NC2=NCCN2)c1. The average molecular weight is 477 g/mol. The maximum absolute atomic E-state index is 13.3. The number of rotatable bonds is 8. The van der Waals surface area contributed by atoms with Gasteiger partial charge in [-0.25, -0.2) is 4.79 Å². The Kier molecular flexibility index (Phi) is 7.46. The third-order valence-electron chi connectivity index (χ3n) is 5.21. The van der Waals surface area contributed by atoms with Crippen molar-refractivity contribution in [1.82, 2.24) is 5.32 Å². The number of hydrogen-bond acceptors (Lipinski definition) is 6. The Morgan fingerprint density at radius 2 is 1.82 bits per heavy atom. The van der Waals surface area contributed by atoms with Crippen LogP contribution < -0.4 is 16.0 Å². The number of amides is 1. The Balaban J connectivity index is 1.52. The number of carbonyl (C=O) groups excluding carboxylic acids is 1. The van der Waals surface area contributed by atoms with Gasteiger partial charge in [-0.3, -0.25) is 9.79 Å². The highest BCUT2D eigenvalue weighted by Gasteiger charge is 2.34. The van der Waals surface area contributed by atoms with Crippen LogP contribution in [0, 0.1) is 0 Å². The molecule has 3 aromatic carbocycles. The predicted octanol–water partition coefficient (Wildman–Crippen LogP) is 3.11. The van der Waals surface area contributed by atoms with Crippen LogP contribution in [0.2, 0.25) is 0 Å². The second-order valence-electron chi connectivity index (χ2n) is 7.63. The normalized spacial score (nSPS) is 14.4. The Morgan fingerprint density at radius 1 is 1.06 bits per heavy atom. The van der Waals surface area contributed by atoms with E-state index in [1.807, 2.05) is 24.3 Å².